The van der Waals surface area contributed by atoms with Crippen molar-refractivity contribution in [3.63, 3.8) is 0 Å². The van der Waals surface area contributed by atoms with Crippen molar-refractivity contribution in [2.75, 3.05) is 10.6 Å². The van der Waals surface area contributed by atoms with Crippen molar-refractivity contribution in [3.05, 3.63) is 58.6 Å². The van der Waals surface area contributed by atoms with Gasteiger partial charge in [0.25, 0.3) is 0 Å². The molecule has 1 atom stereocenters. The topological polar surface area (TPSA) is 41.1 Å². The van der Waals surface area contributed by atoms with Crippen molar-refractivity contribution in [3.8, 4) is 0 Å². The lowest BCUT2D eigenvalue weighted by molar-refractivity contribution is -0.115. The summed E-state index contributed by atoms with van der Waals surface area (Å²) in [5.74, 6) is -0.0500. The summed E-state index contributed by atoms with van der Waals surface area (Å²) in [6.45, 7) is 2.18. The molecule has 3 nitrogen and oxygen atoms in total. The van der Waals surface area contributed by atoms with E-state index in [0.717, 1.165) is 24.1 Å². The Morgan fingerprint density at radius 3 is 2.91 bits per heavy atom. The molecule has 1 heterocycles. The molecule has 1 aliphatic heterocycles. The number of hydrogen-bond acceptors (Lipinski definition) is 2. The van der Waals surface area contributed by atoms with Crippen LogP contribution in [0.25, 0.3) is 0 Å². The Bertz CT molecular complexity index is 699. The lowest BCUT2D eigenvalue weighted by Gasteiger charge is -2.08. The van der Waals surface area contributed by atoms with Gasteiger partial charge in [0.2, 0.25) is 5.91 Å². The van der Waals surface area contributed by atoms with E-state index in [0.29, 0.717) is 11.1 Å². The van der Waals surface area contributed by atoms with Gasteiger partial charge >= 0.3 is 0 Å². The molecule has 2 aromatic rings. The average Bonchev–Trinajstić information content (AvgIpc) is 2.92. The van der Waals surface area contributed by atoms with Crippen LogP contribution >= 0.6 is 11.6 Å². The van der Waals surface area contributed by atoms with Gasteiger partial charge in [0.05, 0.1) is 6.42 Å². The number of benzene rings is 2. The minimum atomic E-state index is -0.0500. The maximum absolute atomic E-state index is 12.2. The highest BCUT2D eigenvalue weighted by molar-refractivity contribution is 6.31. The summed E-state index contributed by atoms with van der Waals surface area (Å²) in [7, 11) is 0. The first-order chi connectivity index (χ1) is 10.7. The van der Waals surface area contributed by atoms with Gasteiger partial charge in [0.15, 0.2) is 0 Å². The van der Waals surface area contributed by atoms with E-state index in [2.05, 4.69) is 23.6 Å². The van der Waals surface area contributed by atoms with Crippen LogP contribution in [-0.4, -0.2) is 11.9 Å². The molecule has 0 saturated carbocycles. The molecule has 0 spiro atoms. The molecule has 114 valence electrons. The monoisotopic (exact) mass is 314 g/mol. The number of halogens is 1. The van der Waals surface area contributed by atoms with Gasteiger partial charge in [-0.1, -0.05) is 36.7 Å². The highest BCUT2D eigenvalue weighted by Gasteiger charge is 2.19. The van der Waals surface area contributed by atoms with E-state index in [9.17, 15) is 4.79 Å². The van der Waals surface area contributed by atoms with Gasteiger partial charge in [-0.3, -0.25) is 4.79 Å². The SMILES string of the molecule is CCC1Cc2cc(NC(=O)Cc3ccccc3Cl)ccc2N1. The van der Waals surface area contributed by atoms with Crippen LogP contribution in [0, 0.1) is 0 Å². The number of rotatable bonds is 4. The molecule has 0 saturated heterocycles. The minimum absolute atomic E-state index is 0.0500. The fourth-order valence-corrected chi connectivity index (χ4v) is 2.99. The Labute approximate surface area is 135 Å². The summed E-state index contributed by atoms with van der Waals surface area (Å²) in [4.78, 5) is 12.2. The molecule has 0 aliphatic carbocycles. The number of amides is 1. The van der Waals surface area contributed by atoms with Crippen molar-refractivity contribution >= 4 is 28.9 Å². The highest BCUT2D eigenvalue weighted by atomic mass is 35.5. The smallest absolute Gasteiger partial charge is 0.228 e. The minimum Gasteiger partial charge on any atom is -0.382 e. The Hall–Kier alpha value is -2.00. The van der Waals surface area contributed by atoms with Crippen molar-refractivity contribution in [1.29, 1.82) is 0 Å². The van der Waals surface area contributed by atoms with Gasteiger partial charge in [-0.2, -0.15) is 0 Å². The summed E-state index contributed by atoms with van der Waals surface area (Å²) >= 11 is 6.09. The number of hydrogen-bond donors (Lipinski definition) is 2. The van der Waals surface area contributed by atoms with Crippen molar-refractivity contribution in [1.82, 2.24) is 0 Å². The van der Waals surface area contributed by atoms with Crippen LogP contribution in [0.2, 0.25) is 5.02 Å². The Balaban J connectivity index is 1.67. The third-order valence-electron chi connectivity index (χ3n) is 4.02. The van der Waals surface area contributed by atoms with Crippen molar-refractivity contribution in [2.45, 2.75) is 32.2 Å². The first-order valence-electron chi connectivity index (χ1n) is 7.58. The predicted molar refractivity (Wildman–Crippen MR) is 91.6 cm³/mol. The molecule has 22 heavy (non-hydrogen) atoms. The maximum Gasteiger partial charge on any atom is 0.228 e. The molecule has 0 aromatic heterocycles. The lowest BCUT2D eigenvalue weighted by Crippen LogP contribution is -2.14. The second-order valence-electron chi connectivity index (χ2n) is 5.64. The normalized spacial score (nSPS) is 16.0. The zero-order valence-electron chi connectivity index (χ0n) is 12.5. The zero-order chi connectivity index (χ0) is 15.5. The average molecular weight is 315 g/mol. The third-order valence-corrected chi connectivity index (χ3v) is 4.39. The maximum atomic E-state index is 12.2. The largest absolute Gasteiger partial charge is 0.382 e. The van der Waals surface area contributed by atoms with Crippen LogP contribution in [0.4, 0.5) is 11.4 Å². The second-order valence-corrected chi connectivity index (χ2v) is 6.05. The molecule has 2 N–H and O–H groups in total. The highest BCUT2D eigenvalue weighted by Crippen LogP contribution is 2.29. The lowest BCUT2D eigenvalue weighted by atomic mass is 10.1. The molecule has 0 fully saturated rings. The molecule has 1 unspecified atom stereocenters. The predicted octanol–water partition coefficient (Wildman–Crippen LogP) is 4.27. The van der Waals surface area contributed by atoms with Crippen LogP contribution < -0.4 is 10.6 Å². The molecule has 1 aliphatic rings. The van der Waals surface area contributed by atoms with Gasteiger partial charge < -0.3 is 10.6 Å². The Kier molecular flexibility index (Phi) is 4.34. The van der Waals surface area contributed by atoms with E-state index in [1.54, 1.807) is 6.07 Å². The second kappa shape index (κ2) is 6.41. The van der Waals surface area contributed by atoms with Crippen molar-refractivity contribution < 1.29 is 4.79 Å². The molecule has 1 amide bonds. The molecule has 2 aromatic carbocycles. The van der Waals surface area contributed by atoms with Gasteiger partial charge in [-0.15, -0.1) is 0 Å². The molecule has 0 radical (unpaired) electrons. The standard InChI is InChI=1S/C18H19ClN2O/c1-2-14-9-13-10-15(7-8-17(13)20-14)21-18(22)11-12-5-3-4-6-16(12)19/h3-8,10,14,20H,2,9,11H2,1H3,(H,21,22). The van der Waals surface area contributed by atoms with Crippen LogP contribution in [0.3, 0.4) is 0 Å². The first kappa shape index (κ1) is 14.9. The van der Waals surface area contributed by atoms with E-state index in [4.69, 9.17) is 11.6 Å². The molecular formula is C18H19ClN2O. The van der Waals surface area contributed by atoms with Gasteiger partial charge in [-0.25, -0.2) is 0 Å². The van der Waals surface area contributed by atoms with Gasteiger partial charge in [0, 0.05) is 22.4 Å². The summed E-state index contributed by atoms with van der Waals surface area (Å²) in [5.41, 5.74) is 4.13. The quantitative estimate of drug-likeness (QED) is 0.885. The third kappa shape index (κ3) is 3.25. The molecule has 0 bridgehead atoms. The molecular weight excluding hydrogens is 296 g/mol. The number of carbonyl (C=O) groups excluding carboxylic acids is 1. The zero-order valence-corrected chi connectivity index (χ0v) is 13.3. The van der Waals surface area contributed by atoms with Crippen LogP contribution in [-0.2, 0) is 17.6 Å². The van der Waals surface area contributed by atoms with Crippen LogP contribution in [0.15, 0.2) is 42.5 Å². The van der Waals surface area contributed by atoms with Gasteiger partial charge in [0.1, 0.15) is 0 Å². The summed E-state index contributed by atoms with van der Waals surface area (Å²) in [6.07, 6.45) is 2.40. The van der Waals surface area contributed by atoms with E-state index < -0.39 is 0 Å². The van der Waals surface area contributed by atoms with E-state index in [1.807, 2.05) is 30.3 Å². The van der Waals surface area contributed by atoms with Crippen LogP contribution in [0.5, 0.6) is 0 Å². The van der Waals surface area contributed by atoms with E-state index >= 15 is 0 Å². The van der Waals surface area contributed by atoms with Crippen molar-refractivity contribution in [2.24, 2.45) is 0 Å². The summed E-state index contributed by atoms with van der Waals surface area (Å²) in [5, 5.41) is 7.06. The number of anilines is 2. The molecule has 4 heteroatoms. The number of nitrogens with one attached hydrogen (secondary N) is 2. The van der Waals surface area contributed by atoms with Gasteiger partial charge in [-0.05, 0) is 48.2 Å². The summed E-state index contributed by atoms with van der Waals surface area (Å²) in [6, 6.07) is 14.0. The summed E-state index contributed by atoms with van der Waals surface area (Å²) < 4.78 is 0. The van der Waals surface area contributed by atoms with Crippen LogP contribution in [0.1, 0.15) is 24.5 Å². The Morgan fingerprint density at radius 1 is 1.32 bits per heavy atom. The Morgan fingerprint density at radius 2 is 2.14 bits per heavy atom. The van der Waals surface area contributed by atoms with E-state index in [-0.39, 0.29) is 12.3 Å². The van der Waals surface area contributed by atoms with E-state index in [1.165, 1.54) is 11.3 Å². The molecule has 3 rings (SSSR count). The fourth-order valence-electron chi connectivity index (χ4n) is 2.78. The number of fused-ring (bicyclic) bond motifs is 1. The number of carbonyl (C=O) groups is 1. The fraction of sp³-hybridized carbons (Fsp3) is 0.278. The first-order valence-corrected chi connectivity index (χ1v) is 7.96.